The van der Waals surface area contributed by atoms with E-state index < -0.39 is 0 Å². The molecule has 0 fully saturated rings. The van der Waals surface area contributed by atoms with E-state index in [1.54, 1.807) is 12.1 Å². The number of thioether (sulfide) groups is 1. The van der Waals surface area contributed by atoms with Gasteiger partial charge in [-0.1, -0.05) is 54.9 Å². The highest BCUT2D eigenvalue weighted by molar-refractivity contribution is 7.99. The molecular weight excluding hydrogens is 333 g/mol. The summed E-state index contributed by atoms with van der Waals surface area (Å²) < 4.78 is 13.6. The Balaban J connectivity index is 1.71. The summed E-state index contributed by atoms with van der Waals surface area (Å²) in [5, 5.41) is 3.29. The molecule has 2 nitrogen and oxygen atoms in total. The molecule has 5 heteroatoms. The molecule has 0 heterocycles. The summed E-state index contributed by atoms with van der Waals surface area (Å²) in [4.78, 5) is 11.9. The minimum absolute atomic E-state index is 0.0350. The standard InChI is InChI=1S/C18H19ClFNOS/c1-13(14-5-3-2-4-6-14)10-21-18(22)12-23-11-15-7-8-16(19)9-17(15)20/h2-9,13H,10-12H2,1H3,(H,21,22)/t13-/m0/s1. The van der Waals surface area contributed by atoms with Crippen molar-refractivity contribution in [3.05, 3.63) is 70.5 Å². The summed E-state index contributed by atoms with van der Waals surface area (Å²) in [5.74, 6) is 0.656. The van der Waals surface area contributed by atoms with Crippen molar-refractivity contribution >= 4 is 29.3 Å². The number of nitrogens with one attached hydrogen (secondary N) is 1. The maximum Gasteiger partial charge on any atom is 0.230 e. The predicted molar refractivity (Wildman–Crippen MR) is 95.4 cm³/mol. The highest BCUT2D eigenvalue weighted by Gasteiger charge is 2.09. The molecule has 0 radical (unpaired) electrons. The quantitative estimate of drug-likeness (QED) is 0.787. The topological polar surface area (TPSA) is 29.1 Å². The normalized spacial score (nSPS) is 12.0. The smallest absolute Gasteiger partial charge is 0.230 e. The Kier molecular flexibility index (Phi) is 6.93. The third-order valence-corrected chi connectivity index (χ3v) is 4.70. The van der Waals surface area contributed by atoms with Crippen LogP contribution in [0.3, 0.4) is 0 Å². The Bertz CT molecular complexity index is 651. The van der Waals surface area contributed by atoms with Crippen molar-refractivity contribution in [3.8, 4) is 0 Å². The van der Waals surface area contributed by atoms with Gasteiger partial charge in [-0.05, 0) is 29.2 Å². The molecular formula is C18H19ClFNOS. The first-order chi connectivity index (χ1) is 11.1. The van der Waals surface area contributed by atoms with Crippen LogP contribution in [0, 0.1) is 5.82 Å². The minimum Gasteiger partial charge on any atom is -0.355 e. The Labute approximate surface area is 145 Å². The maximum atomic E-state index is 13.6. The van der Waals surface area contributed by atoms with Gasteiger partial charge in [-0.2, -0.15) is 0 Å². The van der Waals surface area contributed by atoms with Gasteiger partial charge in [0, 0.05) is 17.3 Å². The zero-order valence-corrected chi connectivity index (χ0v) is 14.5. The van der Waals surface area contributed by atoms with Crippen molar-refractivity contribution in [2.24, 2.45) is 0 Å². The number of carbonyl (C=O) groups is 1. The van der Waals surface area contributed by atoms with Crippen molar-refractivity contribution in [1.29, 1.82) is 0 Å². The zero-order valence-electron chi connectivity index (χ0n) is 12.9. The Morgan fingerprint density at radius 3 is 2.70 bits per heavy atom. The molecule has 23 heavy (non-hydrogen) atoms. The number of rotatable bonds is 7. The molecule has 0 bridgehead atoms. The fourth-order valence-electron chi connectivity index (χ4n) is 2.11. The lowest BCUT2D eigenvalue weighted by atomic mass is 10.0. The molecule has 0 saturated heterocycles. The molecule has 1 atom stereocenters. The van der Waals surface area contributed by atoms with Gasteiger partial charge in [0.15, 0.2) is 0 Å². The first-order valence-electron chi connectivity index (χ1n) is 7.39. The van der Waals surface area contributed by atoms with E-state index >= 15 is 0 Å². The minimum atomic E-state index is -0.330. The van der Waals surface area contributed by atoms with Crippen LogP contribution in [0.2, 0.25) is 5.02 Å². The van der Waals surface area contributed by atoms with Crippen molar-refractivity contribution in [1.82, 2.24) is 5.32 Å². The number of benzene rings is 2. The van der Waals surface area contributed by atoms with Gasteiger partial charge in [0.2, 0.25) is 5.91 Å². The van der Waals surface area contributed by atoms with E-state index in [4.69, 9.17) is 11.6 Å². The van der Waals surface area contributed by atoms with Crippen LogP contribution in [0.4, 0.5) is 4.39 Å². The highest BCUT2D eigenvalue weighted by atomic mass is 35.5. The van der Waals surface area contributed by atoms with E-state index in [1.165, 1.54) is 23.4 Å². The molecule has 2 aromatic carbocycles. The lowest BCUT2D eigenvalue weighted by molar-refractivity contribution is -0.118. The lowest BCUT2D eigenvalue weighted by Gasteiger charge is -2.13. The van der Waals surface area contributed by atoms with Crippen LogP contribution in [0.15, 0.2) is 48.5 Å². The molecule has 0 saturated carbocycles. The van der Waals surface area contributed by atoms with Crippen LogP contribution in [-0.2, 0) is 10.5 Å². The second kappa shape index (κ2) is 8.94. The van der Waals surface area contributed by atoms with Crippen molar-refractivity contribution in [2.45, 2.75) is 18.6 Å². The monoisotopic (exact) mass is 351 g/mol. The molecule has 0 aliphatic heterocycles. The lowest BCUT2D eigenvalue weighted by Crippen LogP contribution is -2.29. The first kappa shape index (κ1) is 17.8. The van der Waals surface area contributed by atoms with E-state index in [2.05, 4.69) is 24.4 Å². The molecule has 0 aliphatic carbocycles. The number of hydrogen-bond acceptors (Lipinski definition) is 2. The van der Waals surface area contributed by atoms with Gasteiger partial charge in [-0.25, -0.2) is 4.39 Å². The number of hydrogen-bond donors (Lipinski definition) is 1. The van der Waals surface area contributed by atoms with Crippen LogP contribution in [0.1, 0.15) is 24.0 Å². The largest absolute Gasteiger partial charge is 0.355 e. The summed E-state index contributed by atoms with van der Waals surface area (Å²) in [6, 6.07) is 14.7. The van der Waals surface area contributed by atoms with Gasteiger partial charge in [-0.15, -0.1) is 11.8 Å². The summed E-state index contributed by atoms with van der Waals surface area (Å²) >= 11 is 7.10. The molecule has 0 unspecified atom stereocenters. The van der Waals surface area contributed by atoms with Gasteiger partial charge in [0.05, 0.1) is 5.75 Å². The molecule has 2 rings (SSSR count). The Morgan fingerprint density at radius 1 is 1.26 bits per heavy atom. The Hall–Kier alpha value is -1.52. The number of amides is 1. The van der Waals surface area contributed by atoms with E-state index in [0.29, 0.717) is 28.6 Å². The van der Waals surface area contributed by atoms with Gasteiger partial charge in [0.25, 0.3) is 0 Å². The SMILES string of the molecule is C[C@@H](CNC(=O)CSCc1ccc(Cl)cc1F)c1ccccc1. The van der Waals surface area contributed by atoms with E-state index in [-0.39, 0.29) is 17.6 Å². The van der Waals surface area contributed by atoms with Crippen molar-refractivity contribution in [3.63, 3.8) is 0 Å². The van der Waals surface area contributed by atoms with E-state index in [9.17, 15) is 9.18 Å². The van der Waals surface area contributed by atoms with Crippen LogP contribution < -0.4 is 5.32 Å². The van der Waals surface area contributed by atoms with E-state index in [0.717, 1.165) is 0 Å². The predicted octanol–water partition coefficient (Wildman–Crippen LogP) is 4.63. The van der Waals surface area contributed by atoms with Gasteiger partial charge >= 0.3 is 0 Å². The Morgan fingerprint density at radius 2 is 2.00 bits per heavy atom. The third kappa shape index (κ3) is 5.88. The van der Waals surface area contributed by atoms with Crippen molar-refractivity contribution in [2.75, 3.05) is 12.3 Å². The molecule has 0 aromatic heterocycles. The van der Waals surface area contributed by atoms with E-state index in [1.807, 2.05) is 18.2 Å². The molecule has 2 aromatic rings. The first-order valence-corrected chi connectivity index (χ1v) is 8.93. The second-order valence-electron chi connectivity index (χ2n) is 5.34. The fourth-order valence-corrected chi connectivity index (χ4v) is 3.11. The zero-order chi connectivity index (χ0) is 16.7. The fraction of sp³-hybridized carbons (Fsp3) is 0.278. The molecule has 0 aliphatic rings. The van der Waals surface area contributed by atoms with Crippen LogP contribution >= 0.6 is 23.4 Å². The average molecular weight is 352 g/mol. The summed E-state index contributed by atoms with van der Waals surface area (Å²) in [6.07, 6.45) is 0. The molecule has 122 valence electrons. The molecule has 0 spiro atoms. The van der Waals surface area contributed by atoms with Gasteiger partial charge in [-0.3, -0.25) is 4.79 Å². The third-order valence-electron chi connectivity index (χ3n) is 3.48. The van der Waals surface area contributed by atoms with Gasteiger partial charge < -0.3 is 5.32 Å². The van der Waals surface area contributed by atoms with Crippen LogP contribution in [-0.4, -0.2) is 18.2 Å². The van der Waals surface area contributed by atoms with Crippen molar-refractivity contribution < 1.29 is 9.18 Å². The number of carbonyl (C=O) groups excluding carboxylic acids is 1. The maximum absolute atomic E-state index is 13.6. The van der Waals surface area contributed by atoms with Gasteiger partial charge in [0.1, 0.15) is 5.82 Å². The summed E-state index contributed by atoms with van der Waals surface area (Å²) in [5.41, 5.74) is 1.76. The van der Waals surface area contributed by atoms with Crippen LogP contribution in [0.25, 0.3) is 0 Å². The molecule has 1 amide bonds. The summed E-state index contributed by atoms with van der Waals surface area (Å²) in [7, 11) is 0. The van der Waals surface area contributed by atoms with Crippen LogP contribution in [0.5, 0.6) is 0 Å². The molecule has 1 N–H and O–H groups in total. The average Bonchev–Trinajstić information content (AvgIpc) is 2.55. The number of halogens is 2. The summed E-state index contributed by atoms with van der Waals surface area (Å²) in [6.45, 7) is 2.67. The second-order valence-corrected chi connectivity index (χ2v) is 6.77. The highest BCUT2D eigenvalue weighted by Crippen LogP contribution is 2.19.